The molecule has 0 radical (unpaired) electrons. The van der Waals surface area contributed by atoms with Crippen molar-refractivity contribution in [2.24, 2.45) is 5.73 Å². The van der Waals surface area contributed by atoms with Crippen molar-refractivity contribution < 1.29 is 19.4 Å². The average Bonchev–Trinajstić information content (AvgIpc) is 2.82. The molecule has 2 aromatic carbocycles. The maximum atomic E-state index is 13.2. The monoisotopic (exact) mass is 528 g/mol. The Morgan fingerprint density at radius 2 is 1.86 bits per heavy atom. The van der Waals surface area contributed by atoms with Crippen LogP contribution >= 0.6 is 11.6 Å². The molecule has 0 saturated heterocycles. The van der Waals surface area contributed by atoms with Gasteiger partial charge >= 0.3 is 12.0 Å². The number of carboxylic acid groups (broad SMARTS) is 1. The van der Waals surface area contributed by atoms with Crippen molar-refractivity contribution >= 4 is 40.7 Å². The minimum atomic E-state index is -1.23. The van der Waals surface area contributed by atoms with Gasteiger partial charge in [0.05, 0.1) is 5.56 Å². The number of hydrogen-bond acceptors (Lipinski definition) is 9. The Bertz CT molecular complexity index is 1410. The molecular formula is C23H25ClN8O5. The van der Waals surface area contributed by atoms with Crippen LogP contribution in [0.4, 0.5) is 11.4 Å². The molecule has 0 spiro atoms. The van der Waals surface area contributed by atoms with Crippen molar-refractivity contribution in [3.8, 4) is 11.8 Å². The molecule has 0 bridgehead atoms. The Morgan fingerprint density at radius 1 is 1.19 bits per heavy atom. The number of nitrogens with zero attached hydrogens (tertiary/aromatic N) is 3. The maximum absolute atomic E-state index is 13.2. The summed E-state index contributed by atoms with van der Waals surface area (Å²) in [5.74, 6) is -1.87. The molecule has 0 unspecified atom stereocenters. The number of nitrogens with two attached hydrogens (primary N) is 2. The quantitative estimate of drug-likeness (QED) is 0.0734. The number of halogens is 1. The van der Waals surface area contributed by atoms with Crippen molar-refractivity contribution in [3.05, 3.63) is 74.7 Å². The Balaban J connectivity index is 1.91. The second-order valence-electron chi connectivity index (χ2n) is 8.04. The third-order valence-corrected chi connectivity index (χ3v) is 5.14. The summed E-state index contributed by atoms with van der Waals surface area (Å²) in [4.78, 5) is 41.5. The summed E-state index contributed by atoms with van der Waals surface area (Å²) in [6, 6.07) is 10.2. The van der Waals surface area contributed by atoms with E-state index in [1.165, 1.54) is 23.2 Å². The van der Waals surface area contributed by atoms with Crippen LogP contribution in [0.2, 0.25) is 5.15 Å². The molecule has 3 aromatic rings. The molecule has 0 aliphatic heterocycles. The average molecular weight is 529 g/mol. The Morgan fingerprint density at radius 3 is 2.46 bits per heavy atom. The number of hydrazine groups is 1. The van der Waals surface area contributed by atoms with E-state index in [0.717, 1.165) is 10.1 Å². The first-order valence-electron chi connectivity index (χ1n) is 10.7. The molecule has 3 rings (SSSR count). The van der Waals surface area contributed by atoms with E-state index in [9.17, 15) is 19.5 Å². The molecule has 13 nitrogen and oxygen atoms in total. The number of amidine groups is 1. The van der Waals surface area contributed by atoms with Gasteiger partial charge in [0.1, 0.15) is 18.1 Å². The largest absolute Gasteiger partial charge is 0.478 e. The van der Waals surface area contributed by atoms with Crippen LogP contribution in [0.15, 0.2) is 47.3 Å². The highest BCUT2D eigenvalue weighted by Gasteiger charge is 2.20. The van der Waals surface area contributed by atoms with E-state index < -0.39 is 24.0 Å². The van der Waals surface area contributed by atoms with Crippen molar-refractivity contribution in [3.63, 3.8) is 0 Å². The zero-order valence-electron chi connectivity index (χ0n) is 19.9. The van der Waals surface area contributed by atoms with E-state index in [1.807, 2.05) is 0 Å². The molecule has 0 aliphatic rings. The molecule has 14 heteroatoms. The number of benzene rings is 2. The van der Waals surface area contributed by atoms with Gasteiger partial charge in [-0.2, -0.15) is 4.98 Å². The zero-order valence-corrected chi connectivity index (χ0v) is 20.7. The highest BCUT2D eigenvalue weighted by molar-refractivity contribution is 6.31. The fourth-order valence-electron chi connectivity index (χ4n) is 3.16. The number of nitrogens with one attached hydrogen (secondary N) is 3. The maximum Gasteiger partial charge on any atom is 0.335 e. The van der Waals surface area contributed by atoms with Gasteiger partial charge in [-0.1, -0.05) is 35.9 Å². The third kappa shape index (κ3) is 6.96. The lowest BCUT2D eigenvalue weighted by Gasteiger charge is -2.18. The van der Waals surface area contributed by atoms with Gasteiger partial charge in [0.2, 0.25) is 5.91 Å². The molecular weight excluding hydrogens is 504 g/mol. The predicted octanol–water partition coefficient (Wildman–Crippen LogP) is 1.46. The number of amides is 1. The minimum Gasteiger partial charge on any atom is -0.478 e. The van der Waals surface area contributed by atoms with Crippen LogP contribution < -0.4 is 32.5 Å². The fraction of sp³-hybridized carbons (Fsp3) is 0.174. The predicted molar refractivity (Wildman–Crippen MR) is 138 cm³/mol. The summed E-state index contributed by atoms with van der Waals surface area (Å²) in [5.41, 5.74) is 14.4. The summed E-state index contributed by atoms with van der Waals surface area (Å²) >= 11 is 6.21. The van der Waals surface area contributed by atoms with Crippen LogP contribution in [0.5, 0.6) is 11.8 Å². The topological polar surface area (TPSA) is 202 Å². The van der Waals surface area contributed by atoms with Crippen LogP contribution in [0.3, 0.4) is 0 Å². The smallest absolute Gasteiger partial charge is 0.335 e. The van der Waals surface area contributed by atoms with Crippen LogP contribution in [-0.4, -0.2) is 51.5 Å². The highest BCUT2D eigenvalue weighted by Crippen LogP contribution is 2.26. The van der Waals surface area contributed by atoms with Crippen LogP contribution in [-0.2, 0) is 17.9 Å². The van der Waals surface area contributed by atoms with Crippen LogP contribution in [0.25, 0.3) is 0 Å². The van der Waals surface area contributed by atoms with E-state index >= 15 is 0 Å². The zero-order chi connectivity index (χ0) is 27.3. The number of nitrogen functional groups attached to an aromatic ring is 2. The molecule has 1 amide bonds. The van der Waals surface area contributed by atoms with Gasteiger partial charge in [-0.25, -0.2) is 9.80 Å². The molecule has 0 atom stereocenters. The Labute approximate surface area is 216 Å². The minimum absolute atomic E-state index is 0.0200. The molecule has 0 fully saturated rings. The van der Waals surface area contributed by atoms with E-state index in [2.05, 4.69) is 15.7 Å². The summed E-state index contributed by atoms with van der Waals surface area (Å²) in [5, 5.41) is 20.7. The number of carbonyl (C=O) groups is 2. The van der Waals surface area contributed by atoms with Gasteiger partial charge < -0.3 is 32.1 Å². The number of carbonyl (C=O) groups excluding carboxylic acids is 1. The highest BCUT2D eigenvalue weighted by atomic mass is 35.5. The van der Waals surface area contributed by atoms with E-state index in [1.54, 1.807) is 38.4 Å². The fourth-order valence-corrected chi connectivity index (χ4v) is 3.35. The number of ether oxygens (including phenoxy) is 1. The number of anilines is 2. The molecule has 194 valence electrons. The molecule has 37 heavy (non-hydrogen) atoms. The second kappa shape index (κ2) is 11.4. The van der Waals surface area contributed by atoms with E-state index in [4.69, 9.17) is 33.2 Å². The third-order valence-electron chi connectivity index (χ3n) is 4.87. The van der Waals surface area contributed by atoms with Gasteiger partial charge in [-0.05, 0) is 17.7 Å². The SMILES string of the molecule is CN(C)Nc1c(Cl)nc(Oc2cc(N)cc(C(=O)O)c2)n(CC(=O)NCc2ccc(C(=N)N)cc2)c1=O. The molecule has 1 aromatic heterocycles. The molecule has 8 N–H and O–H groups in total. The Hall–Kier alpha value is -4.62. The standard InChI is InChI=1S/C23H25ClN8O5/c1-31(2)30-18-19(24)29-23(37-16-8-14(22(35)36)7-15(25)9-16)32(21(18)34)11-17(33)28-10-12-3-5-13(6-4-12)20(26)27/h3-9,30H,10-11,25H2,1-2H3,(H3,26,27)(H,28,33)(H,35,36). The van der Waals surface area contributed by atoms with E-state index in [-0.39, 0.29) is 46.2 Å². The van der Waals surface area contributed by atoms with Gasteiger partial charge in [0.15, 0.2) is 10.8 Å². The van der Waals surface area contributed by atoms with Gasteiger partial charge in [-0.3, -0.25) is 19.6 Å². The first-order chi connectivity index (χ1) is 17.4. The second-order valence-corrected chi connectivity index (χ2v) is 8.40. The molecule has 1 heterocycles. The van der Waals surface area contributed by atoms with Crippen molar-refractivity contribution in [1.29, 1.82) is 5.41 Å². The van der Waals surface area contributed by atoms with Crippen molar-refractivity contribution in [2.75, 3.05) is 25.3 Å². The summed E-state index contributed by atoms with van der Waals surface area (Å²) < 4.78 is 6.63. The summed E-state index contributed by atoms with van der Waals surface area (Å²) in [7, 11) is 3.27. The van der Waals surface area contributed by atoms with Gasteiger partial charge in [-0.15, -0.1) is 0 Å². The van der Waals surface area contributed by atoms with E-state index in [0.29, 0.717) is 5.56 Å². The first-order valence-corrected chi connectivity index (χ1v) is 11.1. The Kier molecular flexibility index (Phi) is 8.32. The number of hydrogen-bond donors (Lipinski definition) is 6. The van der Waals surface area contributed by atoms with Crippen molar-refractivity contribution in [2.45, 2.75) is 13.1 Å². The number of aromatic carboxylic acids is 1. The number of aromatic nitrogens is 2. The lowest BCUT2D eigenvalue weighted by molar-refractivity contribution is -0.122. The van der Waals surface area contributed by atoms with Gasteiger partial charge in [0.25, 0.3) is 5.56 Å². The van der Waals surface area contributed by atoms with Crippen LogP contribution in [0.1, 0.15) is 21.5 Å². The molecule has 0 saturated carbocycles. The van der Waals surface area contributed by atoms with Crippen LogP contribution in [0, 0.1) is 5.41 Å². The first kappa shape index (κ1) is 27.0. The number of rotatable bonds is 10. The lowest BCUT2D eigenvalue weighted by atomic mass is 10.1. The van der Waals surface area contributed by atoms with Crippen molar-refractivity contribution in [1.82, 2.24) is 19.9 Å². The van der Waals surface area contributed by atoms with Gasteiger partial charge in [0, 0.05) is 38.0 Å². The molecule has 0 aliphatic carbocycles. The summed E-state index contributed by atoms with van der Waals surface area (Å²) in [6.45, 7) is -0.344. The lowest BCUT2D eigenvalue weighted by Crippen LogP contribution is -2.35. The normalized spacial score (nSPS) is 10.7. The summed E-state index contributed by atoms with van der Waals surface area (Å²) in [6.07, 6.45) is 0. The number of carboxylic acids is 1.